The van der Waals surface area contributed by atoms with Crippen molar-refractivity contribution < 1.29 is 4.79 Å². The van der Waals surface area contributed by atoms with Crippen LogP contribution in [0.2, 0.25) is 0 Å². The Balaban J connectivity index is 1.68. The van der Waals surface area contributed by atoms with Gasteiger partial charge in [0.1, 0.15) is 5.00 Å². The SMILES string of the molecule is Cc1ccc(C)n1-c1sccc1C(=O)N1Cc2ccncc2C1. The van der Waals surface area contributed by atoms with Gasteiger partial charge in [-0.3, -0.25) is 9.78 Å². The van der Waals surface area contributed by atoms with Gasteiger partial charge in [0.2, 0.25) is 0 Å². The molecule has 0 saturated heterocycles. The summed E-state index contributed by atoms with van der Waals surface area (Å²) < 4.78 is 2.16. The Morgan fingerprint density at radius 3 is 2.57 bits per heavy atom. The molecule has 0 bridgehead atoms. The maximum atomic E-state index is 13.0. The van der Waals surface area contributed by atoms with Crippen molar-refractivity contribution in [2.24, 2.45) is 0 Å². The van der Waals surface area contributed by atoms with Gasteiger partial charge in [-0.1, -0.05) is 0 Å². The molecule has 0 aliphatic carbocycles. The van der Waals surface area contributed by atoms with Gasteiger partial charge in [-0.25, -0.2) is 0 Å². The first-order valence-corrected chi connectivity index (χ1v) is 8.47. The zero-order valence-electron chi connectivity index (χ0n) is 13.1. The van der Waals surface area contributed by atoms with E-state index in [1.54, 1.807) is 17.5 Å². The summed E-state index contributed by atoms with van der Waals surface area (Å²) in [5.41, 5.74) is 5.41. The fourth-order valence-corrected chi connectivity index (χ4v) is 4.17. The highest BCUT2D eigenvalue weighted by Crippen LogP contribution is 2.30. The largest absolute Gasteiger partial charge is 0.330 e. The van der Waals surface area contributed by atoms with E-state index in [9.17, 15) is 4.79 Å². The summed E-state index contributed by atoms with van der Waals surface area (Å²) in [6, 6.07) is 8.10. The average Bonchev–Trinajstić information content (AvgIpc) is 3.25. The number of thiophene rings is 1. The first-order chi connectivity index (χ1) is 11.1. The normalized spacial score (nSPS) is 13.4. The molecule has 0 radical (unpaired) electrons. The smallest absolute Gasteiger partial charge is 0.257 e. The molecule has 0 N–H and O–H groups in total. The molecule has 4 heterocycles. The minimum Gasteiger partial charge on any atom is -0.330 e. The van der Waals surface area contributed by atoms with E-state index in [0.717, 1.165) is 27.5 Å². The standard InChI is InChI=1S/C18H17N3OS/c1-12-3-4-13(2)21(12)18-16(6-8-23-18)17(22)20-10-14-5-7-19-9-15(14)11-20/h3-9H,10-11H2,1-2H3. The Hall–Kier alpha value is -2.40. The van der Waals surface area contributed by atoms with Crippen LogP contribution in [0.1, 0.15) is 32.9 Å². The maximum Gasteiger partial charge on any atom is 0.257 e. The Kier molecular flexibility index (Phi) is 3.31. The van der Waals surface area contributed by atoms with Crippen LogP contribution in [0, 0.1) is 13.8 Å². The van der Waals surface area contributed by atoms with Crippen LogP contribution in [0.5, 0.6) is 0 Å². The van der Waals surface area contributed by atoms with Gasteiger partial charge in [-0.2, -0.15) is 0 Å². The molecule has 0 aromatic carbocycles. The number of amides is 1. The number of nitrogens with zero attached hydrogens (tertiary/aromatic N) is 3. The lowest BCUT2D eigenvalue weighted by atomic mass is 10.2. The van der Waals surface area contributed by atoms with Crippen molar-refractivity contribution in [1.82, 2.24) is 14.5 Å². The minimum atomic E-state index is 0.0879. The van der Waals surface area contributed by atoms with E-state index in [1.807, 2.05) is 28.6 Å². The minimum absolute atomic E-state index is 0.0879. The quantitative estimate of drug-likeness (QED) is 0.721. The second-order valence-electron chi connectivity index (χ2n) is 5.90. The number of rotatable bonds is 2. The van der Waals surface area contributed by atoms with Gasteiger partial charge >= 0.3 is 0 Å². The Morgan fingerprint density at radius 1 is 1.09 bits per heavy atom. The molecule has 4 rings (SSSR count). The van der Waals surface area contributed by atoms with Crippen LogP contribution in [0.3, 0.4) is 0 Å². The third-order valence-corrected chi connectivity index (χ3v) is 5.26. The summed E-state index contributed by atoms with van der Waals surface area (Å²) >= 11 is 1.61. The number of hydrogen-bond acceptors (Lipinski definition) is 3. The second-order valence-corrected chi connectivity index (χ2v) is 6.79. The number of aromatic nitrogens is 2. The number of aryl methyl sites for hydroxylation is 2. The summed E-state index contributed by atoms with van der Waals surface area (Å²) in [6.45, 7) is 5.44. The van der Waals surface area contributed by atoms with Crippen LogP contribution in [-0.2, 0) is 13.1 Å². The van der Waals surface area contributed by atoms with Crippen molar-refractivity contribution in [2.75, 3.05) is 0 Å². The summed E-state index contributed by atoms with van der Waals surface area (Å²) in [4.78, 5) is 19.1. The van der Waals surface area contributed by atoms with E-state index >= 15 is 0 Å². The molecular formula is C18H17N3OS. The van der Waals surface area contributed by atoms with Crippen LogP contribution in [-0.4, -0.2) is 20.4 Å². The van der Waals surface area contributed by atoms with E-state index in [-0.39, 0.29) is 5.91 Å². The van der Waals surface area contributed by atoms with Crippen molar-refractivity contribution in [3.05, 3.63) is 70.1 Å². The molecule has 23 heavy (non-hydrogen) atoms. The van der Waals surface area contributed by atoms with Crippen molar-refractivity contribution >= 4 is 17.2 Å². The molecule has 1 amide bonds. The predicted molar refractivity (Wildman–Crippen MR) is 90.9 cm³/mol. The maximum absolute atomic E-state index is 13.0. The molecule has 3 aromatic rings. The number of fused-ring (bicyclic) bond motifs is 1. The van der Waals surface area contributed by atoms with Crippen LogP contribution >= 0.6 is 11.3 Å². The van der Waals surface area contributed by atoms with E-state index in [0.29, 0.717) is 13.1 Å². The number of pyridine rings is 1. The lowest BCUT2D eigenvalue weighted by Gasteiger charge is -2.17. The highest BCUT2D eigenvalue weighted by atomic mass is 32.1. The van der Waals surface area contributed by atoms with Gasteiger partial charge in [-0.05, 0) is 54.6 Å². The van der Waals surface area contributed by atoms with Crippen LogP contribution in [0.25, 0.3) is 5.00 Å². The number of carbonyl (C=O) groups excluding carboxylic acids is 1. The van der Waals surface area contributed by atoms with E-state index in [4.69, 9.17) is 0 Å². The molecule has 0 spiro atoms. The zero-order valence-corrected chi connectivity index (χ0v) is 13.9. The highest BCUT2D eigenvalue weighted by molar-refractivity contribution is 7.13. The first kappa shape index (κ1) is 14.2. The predicted octanol–water partition coefficient (Wildman–Crippen LogP) is 3.71. The van der Waals surface area contributed by atoms with Gasteiger partial charge in [-0.15, -0.1) is 11.3 Å². The molecule has 0 unspecified atom stereocenters. The van der Waals surface area contributed by atoms with Crippen LogP contribution < -0.4 is 0 Å². The van der Waals surface area contributed by atoms with Crippen LogP contribution in [0.15, 0.2) is 42.0 Å². The summed E-state index contributed by atoms with van der Waals surface area (Å²) in [5, 5.41) is 3.00. The van der Waals surface area contributed by atoms with E-state index in [2.05, 4.69) is 35.5 Å². The van der Waals surface area contributed by atoms with E-state index in [1.165, 1.54) is 5.56 Å². The van der Waals surface area contributed by atoms with Gasteiger partial charge in [0.15, 0.2) is 0 Å². The molecule has 5 heteroatoms. The fourth-order valence-electron chi connectivity index (χ4n) is 3.16. The van der Waals surface area contributed by atoms with Gasteiger partial charge in [0.25, 0.3) is 5.91 Å². The second kappa shape index (κ2) is 5.35. The van der Waals surface area contributed by atoms with Crippen molar-refractivity contribution in [3.63, 3.8) is 0 Å². The molecule has 0 fully saturated rings. The molecule has 0 saturated carbocycles. The molecule has 1 aliphatic rings. The fraction of sp³-hybridized carbons (Fsp3) is 0.222. The third kappa shape index (κ3) is 2.28. The summed E-state index contributed by atoms with van der Waals surface area (Å²) in [7, 11) is 0. The van der Waals surface area contributed by atoms with Crippen molar-refractivity contribution in [1.29, 1.82) is 0 Å². The van der Waals surface area contributed by atoms with Crippen molar-refractivity contribution in [3.8, 4) is 5.00 Å². The zero-order chi connectivity index (χ0) is 16.0. The summed E-state index contributed by atoms with van der Waals surface area (Å²) in [5.74, 6) is 0.0879. The van der Waals surface area contributed by atoms with Crippen molar-refractivity contribution in [2.45, 2.75) is 26.9 Å². The van der Waals surface area contributed by atoms with Gasteiger partial charge in [0.05, 0.1) is 5.56 Å². The first-order valence-electron chi connectivity index (χ1n) is 7.59. The number of hydrogen-bond donors (Lipinski definition) is 0. The number of carbonyl (C=O) groups is 1. The third-order valence-electron chi connectivity index (χ3n) is 4.36. The van der Waals surface area contributed by atoms with Crippen LogP contribution in [0.4, 0.5) is 0 Å². The molecule has 116 valence electrons. The lowest BCUT2D eigenvalue weighted by Crippen LogP contribution is -2.26. The highest BCUT2D eigenvalue weighted by Gasteiger charge is 2.27. The topological polar surface area (TPSA) is 38.1 Å². The Labute approximate surface area is 139 Å². The van der Waals surface area contributed by atoms with E-state index < -0.39 is 0 Å². The molecule has 4 nitrogen and oxygen atoms in total. The van der Waals surface area contributed by atoms with Gasteiger partial charge in [0, 0.05) is 36.9 Å². The lowest BCUT2D eigenvalue weighted by molar-refractivity contribution is 0.0752. The Bertz CT molecular complexity index is 849. The molecule has 3 aromatic heterocycles. The molecular weight excluding hydrogens is 306 g/mol. The summed E-state index contributed by atoms with van der Waals surface area (Å²) in [6.07, 6.45) is 3.65. The molecule has 1 aliphatic heterocycles. The monoisotopic (exact) mass is 323 g/mol. The molecule has 0 atom stereocenters. The van der Waals surface area contributed by atoms with Gasteiger partial charge < -0.3 is 9.47 Å². The Morgan fingerprint density at radius 2 is 1.83 bits per heavy atom. The average molecular weight is 323 g/mol.